The van der Waals surface area contributed by atoms with Gasteiger partial charge in [-0.05, 0) is 43.2 Å². The van der Waals surface area contributed by atoms with Crippen molar-refractivity contribution in [3.8, 4) is 17.2 Å². The van der Waals surface area contributed by atoms with Crippen molar-refractivity contribution >= 4 is 11.8 Å². The fourth-order valence-corrected chi connectivity index (χ4v) is 2.73. The first-order chi connectivity index (χ1) is 12.9. The molecule has 2 aromatic rings. The van der Waals surface area contributed by atoms with E-state index in [2.05, 4.69) is 10.9 Å². The average molecular weight is 372 g/mol. The van der Waals surface area contributed by atoms with Gasteiger partial charge >= 0.3 is 0 Å². The van der Waals surface area contributed by atoms with Gasteiger partial charge in [0.15, 0.2) is 11.5 Å². The Morgan fingerprint density at radius 2 is 1.52 bits per heavy atom. The van der Waals surface area contributed by atoms with Gasteiger partial charge in [-0.3, -0.25) is 20.4 Å². The monoisotopic (exact) mass is 372 g/mol. The molecule has 2 aromatic carbocycles. The van der Waals surface area contributed by atoms with Gasteiger partial charge in [0.05, 0.1) is 27.8 Å². The van der Waals surface area contributed by atoms with Gasteiger partial charge in [-0.1, -0.05) is 17.7 Å². The third-order valence-electron chi connectivity index (χ3n) is 4.03. The summed E-state index contributed by atoms with van der Waals surface area (Å²) in [5.74, 6) is 0.623. The van der Waals surface area contributed by atoms with Gasteiger partial charge in [-0.15, -0.1) is 0 Å². The van der Waals surface area contributed by atoms with Crippen LogP contribution >= 0.6 is 0 Å². The van der Waals surface area contributed by atoms with Crippen molar-refractivity contribution in [2.45, 2.75) is 20.3 Å². The highest BCUT2D eigenvalue weighted by molar-refractivity contribution is 5.96. The standard InChI is InChI=1S/C20H24N2O5/c1-12-6-7-15(13(2)8-12)20(24)22-21-18(23)11-14-9-16(25-3)19(27-5)17(10-14)26-4/h6-10H,11H2,1-5H3,(H,21,23)(H,22,24). The number of carbonyl (C=O) groups excluding carboxylic acids is 2. The topological polar surface area (TPSA) is 85.9 Å². The lowest BCUT2D eigenvalue weighted by atomic mass is 10.1. The zero-order valence-corrected chi connectivity index (χ0v) is 16.1. The van der Waals surface area contributed by atoms with Crippen LogP contribution in [-0.2, 0) is 11.2 Å². The molecule has 0 saturated carbocycles. The van der Waals surface area contributed by atoms with Crippen LogP contribution in [0.2, 0.25) is 0 Å². The highest BCUT2D eigenvalue weighted by Crippen LogP contribution is 2.38. The number of aryl methyl sites for hydroxylation is 2. The maximum atomic E-state index is 12.2. The van der Waals surface area contributed by atoms with E-state index in [0.29, 0.717) is 28.4 Å². The summed E-state index contributed by atoms with van der Waals surface area (Å²) in [6, 6.07) is 8.86. The van der Waals surface area contributed by atoms with Crippen molar-refractivity contribution in [3.63, 3.8) is 0 Å². The van der Waals surface area contributed by atoms with Crippen LogP contribution < -0.4 is 25.1 Å². The van der Waals surface area contributed by atoms with Crippen molar-refractivity contribution in [1.29, 1.82) is 0 Å². The molecule has 0 unspecified atom stereocenters. The Balaban J connectivity index is 2.04. The fraction of sp³-hybridized carbons (Fsp3) is 0.300. The Morgan fingerprint density at radius 3 is 2.04 bits per heavy atom. The molecular weight excluding hydrogens is 348 g/mol. The van der Waals surface area contributed by atoms with Crippen LogP contribution in [0, 0.1) is 13.8 Å². The molecule has 0 spiro atoms. The van der Waals surface area contributed by atoms with E-state index in [4.69, 9.17) is 14.2 Å². The minimum absolute atomic E-state index is 0.0316. The lowest BCUT2D eigenvalue weighted by molar-refractivity contribution is -0.121. The van der Waals surface area contributed by atoms with E-state index in [9.17, 15) is 9.59 Å². The van der Waals surface area contributed by atoms with E-state index in [-0.39, 0.29) is 18.2 Å². The Kier molecular flexibility index (Phi) is 6.65. The number of rotatable bonds is 6. The molecule has 144 valence electrons. The molecule has 2 N–H and O–H groups in total. The van der Waals surface area contributed by atoms with Gasteiger partial charge in [0.2, 0.25) is 11.7 Å². The largest absolute Gasteiger partial charge is 0.493 e. The van der Waals surface area contributed by atoms with Gasteiger partial charge in [0, 0.05) is 5.56 Å². The Bertz CT molecular complexity index is 823. The second-order valence-corrected chi connectivity index (χ2v) is 6.03. The molecule has 0 bridgehead atoms. The van der Waals surface area contributed by atoms with Crippen LogP contribution in [0.1, 0.15) is 27.0 Å². The molecular formula is C20H24N2O5. The molecule has 0 aliphatic rings. The molecule has 0 aromatic heterocycles. The van der Waals surface area contributed by atoms with Gasteiger partial charge in [0.25, 0.3) is 5.91 Å². The van der Waals surface area contributed by atoms with Crippen LogP contribution in [0.15, 0.2) is 30.3 Å². The predicted octanol–water partition coefficient (Wildman–Crippen LogP) is 2.33. The normalized spacial score (nSPS) is 10.1. The molecule has 0 heterocycles. The third kappa shape index (κ3) is 4.91. The van der Waals surface area contributed by atoms with Gasteiger partial charge in [0.1, 0.15) is 0 Å². The molecule has 27 heavy (non-hydrogen) atoms. The molecule has 0 aliphatic carbocycles. The van der Waals surface area contributed by atoms with Crippen LogP contribution in [0.25, 0.3) is 0 Å². The molecule has 0 radical (unpaired) electrons. The van der Waals surface area contributed by atoms with Crippen molar-refractivity contribution in [2.24, 2.45) is 0 Å². The van der Waals surface area contributed by atoms with E-state index in [1.807, 2.05) is 26.0 Å². The van der Waals surface area contributed by atoms with Gasteiger partial charge in [-0.2, -0.15) is 0 Å². The Labute approximate surface area is 158 Å². The quantitative estimate of drug-likeness (QED) is 0.760. The van der Waals surface area contributed by atoms with E-state index in [1.54, 1.807) is 18.2 Å². The van der Waals surface area contributed by atoms with E-state index < -0.39 is 0 Å². The summed E-state index contributed by atoms with van der Waals surface area (Å²) >= 11 is 0. The van der Waals surface area contributed by atoms with Gasteiger partial charge < -0.3 is 14.2 Å². The van der Waals surface area contributed by atoms with E-state index in [1.165, 1.54) is 21.3 Å². The highest BCUT2D eigenvalue weighted by atomic mass is 16.5. The maximum Gasteiger partial charge on any atom is 0.269 e. The average Bonchev–Trinajstić information content (AvgIpc) is 2.65. The molecule has 0 saturated heterocycles. The summed E-state index contributed by atoms with van der Waals surface area (Å²) in [5.41, 5.74) is 7.92. The van der Waals surface area contributed by atoms with E-state index >= 15 is 0 Å². The SMILES string of the molecule is COc1cc(CC(=O)NNC(=O)c2ccc(C)cc2C)cc(OC)c1OC. The molecule has 0 aliphatic heterocycles. The summed E-state index contributed by atoms with van der Waals surface area (Å²) in [6.45, 7) is 3.80. The third-order valence-corrected chi connectivity index (χ3v) is 4.03. The van der Waals surface area contributed by atoms with Crippen LogP contribution in [0.3, 0.4) is 0 Å². The summed E-state index contributed by atoms with van der Waals surface area (Å²) in [7, 11) is 4.52. The second-order valence-electron chi connectivity index (χ2n) is 6.03. The Hall–Kier alpha value is -3.22. The lowest BCUT2D eigenvalue weighted by Gasteiger charge is -2.14. The molecule has 0 fully saturated rings. The smallest absolute Gasteiger partial charge is 0.269 e. The summed E-state index contributed by atoms with van der Waals surface area (Å²) < 4.78 is 15.8. The fourth-order valence-electron chi connectivity index (χ4n) is 2.73. The van der Waals surface area contributed by atoms with Gasteiger partial charge in [-0.25, -0.2) is 0 Å². The molecule has 2 rings (SSSR count). The van der Waals surface area contributed by atoms with Crippen molar-refractivity contribution in [3.05, 3.63) is 52.6 Å². The summed E-state index contributed by atoms with van der Waals surface area (Å²) in [6.07, 6.45) is 0.0316. The number of nitrogens with one attached hydrogen (secondary N) is 2. The van der Waals surface area contributed by atoms with E-state index in [0.717, 1.165) is 11.1 Å². The first-order valence-electron chi connectivity index (χ1n) is 8.35. The zero-order chi connectivity index (χ0) is 20.0. The highest BCUT2D eigenvalue weighted by Gasteiger charge is 2.15. The first-order valence-corrected chi connectivity index (χ1v) is 8.35. The van der Waals surface area contributed by atoms with Crippen molar-refractivity contribution in [2.75, 3.05) is 21.3 Å². The lowest BCUT2D eigenvalue weighted by Crippen LogP contribution is -2.42. The summed E-state index contributed by atoms with van der Waals surface area (Å²) in [4.78, 5) is 24.4. The molecule has 7 nitrogen and oxygen atoms in total. The van der Waals surface area contributed by atoms with Crippen LogP contribution in [0.4, 0.5) is 0 Å². The molecule has 0 atom stereocenters. The number of hydrogen-bond donors (Lipinski definition) is 2. The minimum atomic E-state index is -0.373. The predicted molar refractivity (Wildman–Crippen MR) is 101 cm³/mol. The maximum absolute atomic E-state index is 12.2. The number of benzene rings is 2. The number of methoxy groups -OCH3 is 3. The minimum Gasteiger partial charge on any atom is -0.493 e. The van der Waals surface area contributed by atoms with Crippen LogP contribution in [-0.4, -0.2) is 33.1 Å². The number of ether oxygens (including phenoxy) is 3. The van der Waals surface area contributed by atoms with Crippen molar-refractivity contribution < 1.29 is 23.8 Å². The number of carbonyl (C=O) groups is 2. The van der Waals surface area contributed by atoms with Crippen molar-refractivity contribution in [1.82, 2.24) is 10.9 Å². The van der Waals surface area contributed by atoms with Crippen LogP contribution in [0.5, 0.6) is 17.2 Å². The molecule has 7 heteroatoms. The molecule has 2 amide bonds. The first kappa shape index (κ1) is 20.1. The second kappa shape index (κ2) is 8.93. The number of hydrazine groups is 1. The Morgan fingerprint density at radius 1 is 0.889 bits per heavy atom. The zero-order valence-electron chi connectivity index (χ0n) is 16.1. The number of amides is 2. The summed E-state index contributed by atoms with van der Waals surface area (Å²) in [5, 5.41) is 0. The number of hydrogen-bond acceptors (Lipinski definition) is 5.